The second-order valence-corrected chi connectivity index (χ2v) is 8.68. The van der Waals surface area contributed by atoms with Crippen molar-refractivity contribution in [2.24, 2.45) is 0 Å². The van der Waals surface area contributed by atoms with Crippen molar-refractivity contribution in [2.75, 3.05) is 21.3 Å². The van der Waals surface area contributed by atoms with Crippen molar-refractivity contribution in [3.63, 3.8) is 0 Å². The summed E-state index contributed by atoms with van der Waals surface area (Å²) in [5.74, 6) is -0.993. The Bertz CT molecular complexity index is 1330. The van der Waals surface area contributed by atoms with Gasteiger partial charge in [-0.05, 0) is 53.6 Å². The first-order valence-corrected chi connectivity index (χ1v) is 11.5. The second-order valence-electron chi connectivity index (χ2n) is 7.87. The highest BCUT2D eigenvalue weighted by molar-refractivity contribution is 6.46. The van der Waals surface area contributed by atoms with E-state index in [0.29, 0.717) is 22.8 Å². The molecule has 10 heteroatoms. The molecule has 1 aliphatic rings. The van der Waals surface area contributed by atoms with Gasteiger partial charge in [0.2, 0.25) is 5.75 Å². The molecule has 0 spiro atoms. The molecule has 1 N–H and O–H groups in total. The number of aliphatic hydroxyl groups excluding tert-OH is 1. The molecule has 2 aromatic carbocycles. The molecule has 1 aromatic heterocycles. The van der Waals surface area contributed by atoms with Crippen molar-refractivity contribution in [1.82, 2.24) is 9.88 Å². The van der Waals surface area contributed by atoms with E-state index in [0.717, 1.165) is 5.56 Å². The van der Waals surface area contributed by atoms with E-state index in [4.69, 9.17) is 37.4 Å². The van der Waals surface area contributed by atoms with Crippen LogP contribution in [0.4, 0.5) is 0 Å². The number of likely N-dealkylation sites (tertiary alicyclic amines) is 1. The molecule has 1 amide bonds. The highest BCUT2D eigenvalue weighted by Gasteiger charge is 2.46. The molecule has 4 rings (SSSR count). The number of benzene rings is 2. The number of hydrogen-bond donors (Lipinski definition) is 1. The van der Waals surface area contributed by atoms with Crippen LogP contribution in [-0.4, -0.2) is 48.0 Å². The van der Waals surface area contributed by atoms with E-state index in [1.165, 1.54) is 44.4 Å². The lowest BCUT2D eigenvalue weighted by atomic mass is 9.94. The Hall–Kier alpha value is -3.75. The Morgan fingerprint density at radius 2 is 1.58 bits per heavy atom. The van der Waals surface area contributed by atoms with Gasteiger partial charge in [0.1, 0.15) is 5.76 Å². The molecular weight excluding hydrogens is 507 g/mol. The van der Waals surface area contributed by atoms with E-state index in [9.17, 15) is 14.7 Å². The van der Waals surface area contributed by atoms with Crippen LogP contribution in [0.25, 0.3) is 5.76 Å². The predicted molar refractivity (Wildman–Crippen MR) is 135 cm³/mol. The number of halogens is 2. The number of ether oxygens (including phenoxy) is 3. The largest absolute Gasteiger partial charge is 0.507 e. The van der Waals surface area contributed by atoms with Crippen LogP contribution in [0.1, 0.15) is 22.7 Å². The van der Waals surface area contributed by atoms with Gasteiger partial charge in [-0.15, -0.1) is 0 Å². The number of hydrogen-bond acceptors (Lipinski definition) is 7. The molecule has 8 nitrogen and oxygen atoms in total. The summed E-state index contributed by atoms with van der Waals surface area (Å²) < 4.78 is 16.4. The number of ketones is 1. The number of aromatic nitrogens is 1. The maximum Gasteiger partial charge on any atom is 0.295 e. The van der Waals surface area contributed by atoms with Crippen LogP contribution in [0.2, 0.25) is 10.0 Å². The van der Waals surface area contributed by atoms with Crippen molar-refractivity contribution in [3.05, 3.63) is 87.2 Å². The van der Waals surface area contributed by atoms with Crippen LogP contribution >= 0.6 is 23.2 Å². The molecule has 0 saturated carbocycles. The molecular formula is C26H22Cl2N2O6. The van der Waals surface area contributed by atoms with Gasteiger partial charge < -0.3 is 24.2 Å². The highest BCUT2D eigenvalue weighted by atomic mass is 35.5. The minimum absolute atomic E-state index is 0.0899. The molecule has 1 aliphatic heterocycles. The zero-order valence-corrected chi connectivity index (χ0v) is 21.1. The first kappa shape index (κ1) is 25.3. The van der Waals surface area contributed by atoms with Crippen LogP contribution < -0.4 is 14.2 Å². The zero-order valence-electron chi connectivity index (χ0n) is 19.6. The fraction of sp³-hybridized carbons (Fsp3) is 0.192. The van der Waals surface area contributed by atoms with E-state index in [-0.39, 0.29) is 33.5 Å². The molecule has 36 heavy (non-hydrogen) atoms. The average molecular weight is 529 g/mol. The van der Waals surface area contributed by atoms with Crippen molar-refractivity contribution in [3.8, 4) is 17.2 Å². The number of rotatable bonds is 7. The van der Waals surface area contributed by atoms with Crippen LogP contribution in [0.15, 0.2) is 60.4 Å². The summed E-state index contributed by atoms with van der Waals surface area (Å²) in [7, 11) is 4.40. The Balaban J connectivity index is 1.96. The first-order chi connectivity index (χ1) is 17.3. The van der Waals surface area contributed by atoms with Gasteiger partial charge in [-0.3, -0.25) is 14.6 Å². The molecule has 1 atom stereocenters. The number of carbonyl (C=O) groups excluding carboxylic acids is 2. The molecule has 2 heterocycles. The van der Waals surface area contributed by atoms with E-state index in [1.807, 2.05) is 0 Å². The summed E-state index contributed by atoms with van der Waals surface area (Å²) in [4.78, 5) is 32.0. The predicted octanol–water partition coefficient (Wildman–Crippen LogP) is 5.04. The number of amides is 1. The number of methoxy groups -OCH3 is 3. The van der Waals surface area contributed by atoms with E-state index in [2.05, 4.69) is 4.98 Å². The maximum absolute atomic E-state index is 13.3. The van der Waals surface area contributed by atoms with Gasteiger partial charge in [-0.2, -0.15) is 0 Å². The molecule has 3 aromatic rings. The van der Waals surface area contributed by atoms with Crippen molar-refractivity contribution >= 4 is 40.7 Å². The Labute approximate surface area is 217 Å². The van der Waals surface area contributed by atoms with Gasteiger partial charge in [0.25, 0.3) is 11.7 Å². The molecule has 1 fully saturated rings. The van der Waals surface area contributed by atoms with E-state index >= 15 is 0 Å². The van der Waals surface area contributed by atoms with E-state index in [1.54, 1.807) is 36.7 Å². The van der Waals surface area contributed by atoms with Crippen molar-refractivity contribution in [1.29, 1.82) is 0 Å². The van der Waals surface area contributed by atoms with Crippen LogP contribution in [-0.2, 0) is 16.1 Å². The summed E-state index contributed by atoms with van der Waals surface area (Å²) in [5.41, 5.74) is 1.35. The van der Waals surface area contributed by atoms with Crippen molar-refractivity contribution < 1.29 is 28.9 Å². The second kappa shape index (κ2) is 10.5. The summed E-state index contributed by atoms with van der Waals surface area (Å²) >= 11 is 12.2. The lowest BCUT2D eigenvalue weighted by Gasteiger charge is -2.26. The Morgan fingerprint density at radius 3 is 2.14 bits per heavy atom. The molecule has 0 bridgehead atoms. The number of aliphatic hydroxyl groups is 1. The normalized spacial score (nSPS) is 16.8. The van der Waals surface area contributed by atoms with Gasteiger partial charge in [0, 0.05) is 24.5 Å². The first-order valence-electron chi connectivity index (χ1n) is 10.7. The third kappa shape index (κ3) is 4.57. The lowest BCUT2D eigenvalue weighted by Crippen LogP contribution is -2.29. The van der Waals surface area contributed by atoms with Gasteiger partial charge >= 0.3 is 0 Å². The van der Waals surface area contributed by atoms with E-state index < -0.39 is 17.7 Å². The minimum atomic E-state index is -0.971. The fourth-order valence-electron chi connectivity index (χ4n) is 4.13. The van der Waals surface area contributed by atoms with Gasteiger partial charge in [-0.25, -0.2) is 0 Å². The minimum Gasteiger partial charge on any atom is -0.507 e. The number of Topliss-reactive ketones (excluding diaryl/α,β-unsaturated/α-hetero) is 1. The third-order valence-electron chi connectivity index (χ3n) is 5.84. The van der Waals surface area contributed by atoms with Crippen LogP contribution in [0.3, 0.4) is 0 Å². The molecule has 0 radical (unpaired) electrons. The highest BCUT2D eigenvalue weighted by Crippen LogP contribution is 2.46. The van der Waals surface area contributed by atoms with Crippen LogP contribution in [0.5, 0.6) is 17.2 Å². The summed E-state index contributed by atoms with van der Waals surface area (Å²) in [6.45, 7) is 0.0899. The molecule has 1 saturated heterocycles. The molecule has 186 valence electrons. The Morgan fingerprint density at radius 1 is 0.944 bits per heavy atom. The fourth-order valence-corrected chi connectivity index (χ4v) is 4.43. The number of carbonyl (C=O) groups is 2. The van der Waals surface area contributed by atoms with Crippen LogP contribution in [0, 0.1) is 0 Å². The number of nitrogens with zero attached hydrogens (tertiary/aromatic N) is 2. The quantitative estimate of drug-likeness (QED) is 0.260. The molecule has 0 aliphatic carbocycles. The third-order valence-corrected chi connectivity index (χ3v) is 6.58. The van der Waals surface area contributed by atoms with Gasteiger partial charge in [-0.1, -0.05) is 23.2 Å². The zero-order chi connectivity index (χ0) is 26.0. The summed E-state index contributed by atoms with van der Waals surface area (Å²) in [6, 6.07) is 10.2. The smallest absolute Gasteiger partial charge is 0.295 e. The maximum atomic E-state index is 13.3. The van der Waals surface area contributed by atoms with Crippen molar-refractivity contribution in [2.45, 2.75) is 12.6 Å². The summed E-state index contributed by atoms with van der Waals surface area (Å²) in [5, 5.41) is 11.7. The molecule has 1 unspecified atom stereocenters. The van der Waals surface area contributed by atoms with Gasteiger partial charge in [0.05, 0.1) is 43.0 Å². The summed E-state index contributed by atoms with van der Waals surface area (Å²) in [6.07, 6.45) is 3.19. The monoisotopic (exact) mass is 528 g/mol. The topological polar surface area (TPSA) is 98.2 Å². The number of pyridine rings is 1. The SMILES string of the molecule is COc1cc(C2/C(=C(\O)c3ccc(Cl)c(Cl)c3)C(=O)C(=O)N2Cc2ccncc2)cc(OC)c1OC. The standard InChI is InChI=1S/C26H22Cl2N2O6/c1-34-19-11-16(12-20(35-2)25(19)36-3)22-21(23(31)15-4-5-17(27)18(28)10-15)24(32)26(33)30(22)13-14-6-8-29-9-7-14/h4-12,22,31H,13H2,1-3H3/b23-21+. The Kier molecular flexibility index (Phi) is 7.37. The lowest BCUT2D eigenvalue weighted by molar-refractivity contribution is -0.140. The average Bonchev–Trinajstić information content (AvgIpc) is 3.14. The van der Waals surface area contributed by atoms with Gasteiger partial charge in [0.15, 0.2) is 11.5 Å².